The van der Waals surface area contributed by atoms with Gasteiger partial charge in [0.1, 0.15) is 29.5 Å². The zero-order chi connectivity index (χ0) is 30.5. The number of rotatable bonds is 9. The predicted octanol–water partition coefficient (Wildman–Crippen LogP) is 9.85. The van der Waals surface area contributed by atoms with Gasteiger partial charge in [0.2, 0.25) is 0 Å². The number of hydrogen-bond donors (Lipinski definition) is 2. The van der Waals surface area contributed by atoms with E-state index in [1.54, 1.807) is 18.2 Å². The van der Waals surface area contributed by atoms with Crippen LogP contribution in [0.3, 0.4) is 0 Å². The maximum atomic E-state index is 13.1. The van der Waals surface area contributed by atoms with Crippen LogP contribution in [0, 0.1) is 0 Å². The van der Waals surface area contributed by atoms with E-state index in [9.17, 15) is 13.2 Å². The first kappa shape index (κ1) is 31.6. The van der Waals surface area contributed by atoms with Gasteiger partial charge in [0.25, 0.3) is 0 Å². The third-order valence-electron chi connectivity index (χ3n) is 7.39. The van der Waals surface area contributed by atoms with Crippen molar-refractivity contribution in [3.63, 3.8) is 0 Å². The van der Waals surface area contributed by atoms with E-state index in [4.69, 9.17) is 20.8 Å². The van der Waals surface area contributed by atoms with Crippen molar-refractivity contribution in [1.82, 2.24) is 9.97 Å². The number of nitrogens with zero attached hydrogens (tertiary/aromatic N) is 2. The minimum Gasteiger partial charge on any atom is -0.456 e. The molecule has 42 heavy (non-hydrogen) atoms. The molecule has 0 spiro atoms. The van der Waals surface area contributed by atoms with Crippen molar-refractivity contribution in [3.8, 4) is 11.5 Å². The van der Waals surface area contributed by atoms with Crippen LogP contribution >= 0.6 is 11.6 Å². The van der Waals surface area contributed by atoms with E-state index in [0.717, 1.165) is 42.7 Å². The van der Waals surface area contributed by atoms with Crippen molar-refractivity contribution < 1.29 is 22.3 Å². The van der Waals surface area contributed by atoms with Crippen molar-refractivity contribution in [3.05, 3.63) is 82.7 Å². The van der Waals surface area contributed by atoms with Crippen LogP contribution in [-0.2, 0) is 10.6 Å². The van der Waals surface area contributed by atoms with Crippen LogP contribution in [0.4, 0.5) is 30.5 Å². The number of alkyl halides is 3. The first-order chi connectivity index (χ1) is 19.7. The Morgan fingerprint density at radius 2 is 1.88 bits per heavy atom. The fraction of sp³-hybridized carbons (Fsp3) is 0.355. The molecule has 1 aromatic heterocycles. The zero-order valence-electron chi connectivity index (χ0n) is 24.4. The van der Waals surface area contributed by atoms with E-state index < -0.39 is 20.1 Å². The van der Waals surface area contributed by atoms with Crippen LogP contribution in [0.15, 0.2) is 66.5 Å². The smallest absolute Gasteiger partial charge is 0.416 e. The van der Waals surface area contributed by atoms with Gasteiger partial charge in [-0.15, -0.1) is 0 Å². The molecule has 1 aliphatic heterocycles. The second-order valence-electron chi connectivity index (χ2n) is 11.6. The van der Waals surface area contributed by atoms with Gasteiger partial charge >= 0.3 is 6.18 Å². The largest absolute Gasteiger partial charge is 0.456 e. The van der Waals surface area contributed by atoms with E-state index in [0.29, 0.717) is 23.9 Å². The average molecular weight is 617 g/mol. The highest BCUT2D eigenvalue weighted by Gasteiger charge is 2.36. The third kappa shape index (κ3) is 8.14. The van der Waals surface area contributed by atoms with Crippen LogP contribution in [0.1, 0.15) is 44.7 Å². The van der Waals surface area contributed by atoms with Gasteiger partial charge in [0.15, 0.2) is 8.32 Å². The van der Waals surface area contributed by atoms with Crippen LogP contribution in [0.5, 0.6) is 11.5 Å². The lowest BCUT2D eigenvalue weighted by atomic mass is 10.1. The molecule has 2 N–H and O–H groups in total. The lowest BCUT2D eigenvalue weighted by Crippen LogP contribution is -2.40. The molecule has 0 saturated carbocycles. The van der Waals surface area contributed by atoms with Gasteiger partial charge in [-0.3, -0.25) is 0 Å². The van der Waals surface area contributed by atoms with Crippen LogP contribution in [0.2, 0.25) is 23.2 Å². The maximum Gasteiger partial charge on any atom is 0.416 e. The minimum absolute atomic E-state index is 0.0388. The summed E-state index contributed by atoms with van der Waals surface area (Å²) >= 11 is 6.44. The summed E-state index contributed by atoms with van der Waals surface area (Å²) in [5.41, 5.74) is 1.78. The summed E-state index contributed by atoms with van der Waals surface area (Å²) in [5, 5.41) is 7.06. The highest BCUT2D eigenvalue weighted by atomic mass is 35.5. The lowest BCUT2D eigenvalue weighted by molar-refractivity contribution is -0.137. The summed E-state index contributed by atoms with van der Waals surface area (Å²) in [6.07, 6.45) is 4.99. The minimum atomic E-state index is -4.47. The molecule has 0 radical (unpaired) electrons. The Balaban J connectivity index is 1.46. The van der Waals surface area contributed by atoms with E-state index in [-0.39, 0.29) is 21.6 Å². The normalized spacial score (nSPS) is 14.2. The standard InChI is InChI=1S/C31H36ClF3N4O2Si/c1-30(2,3)42(4,5)40-16-7-6-9-21-14-15-36-28-25(17-21)29(38-20-37-28)39-23-12-13-27(26(32)19-23)41-24-11-8-10-22(18-24)31(33,34)35/h6,8-13,17-20H,7,14-16H2,1-5H3,(H2,36,37,38,39). The molecule has 0 atom stereocenters. The molecule has 1 aliphatic rings. The monoisotopic (exact) mass is 616 g/mol. The van der Waals surface area contributed by atoms with E-state index >= 15 is 0 Å². The summed E-state index contributed by atoms with van der Waals surface area (Å²) in [5.74, 6) is 1.57. The summed E-state index contributed by atoms with van der Waals surface area (Å²) in [6, 6.07) is 9.61. The van der Waals surface area contributed by atoms with Gasteiger partial charge < -0.3 is 19.8 Å². The molecule has 2 aromatic carbocycles. The number of ether oxygens (including phenoxy) is 1. The Hall–Kier alpha value is -3.34. The van der Waals surface area contributed by atoms with Gasteiger partial charge in [0.05, 0.1) is 16.1 Å². The van der Waals surface area contributed by atoms with Gasteiger partial charge in [-0.2, -0.15) is 13.2 Å². The Labute approximate surface area is 251 Å². The molecule has 11 heteroatoms. The Morgan fingerprint density at radius 1 is 1.10 bits per heavy atom. The Morgan fingerprint density at radius 3 is 2.60 bits per heavy atom. The fourth-order valence-corrected chi connectivity index (χ4v) is 5.26. The van der Waals surface area contributed by atoms with E-state index in [2.05, 4.69) is 72.7 Å². The second-order valence-corrected chi connectivity index (χ2v) is 16.8. The van der Waals surface area contributed by atoms with E-state index in [1.165, 1.54) is 18.5 Å². The fourth-order valence-electron chi connectivity index (χ4n) is 3.98. The molecule has 224 valence electrons. The molecule has 3 aromatic rings. The molecular weight excluding hydrogens is 581 g/mol. The first-order valence-electron chi connectivity index (χ1n) is 13.7. The van der Waals surface area contributed by atoms with Crippen molar-refractivity contribution in [2.75, 3.05) is 23.8 Å². The molecular formula is C31H36ClF3N4O2Si. The van der Waals surface area contributed by atoms with Crippen molar-refractivity contribution >= 4 is 43.3 Å². The summed E-state index contributed by atoms with van der Waals surface area (Å²) in [7, 11) is -1.77. The van der Waals surface area contributed by atoms with Gasteiger partial charge in [0, 0.05) is 18.8 Å². The van der Waals surface area contributed by atoms with Gasteiger partial charge in [-0.25, -0.2) is 9.97 Å². The maximum absolute atomic E-state index is 13.1. The highest BCUT2D eigenvalue weighted by molar-refractivity contribution is 6.74. The Bertz CT molecular complexity index is 1470. The molecule has 6 nitrogen and oxygen atoms in total. The quantitative estimate of drug-likeness (QED) is 0.184. The number of hydrogen-bond acceptors (Lipinski definition) is 6. The molecule has 0 bridgehead atoms. The van der Waals surface area contributed by atoms with Crippen molar-refractivity contribution in [2.24, 2.45) is 0 Å². The Kier molecular flexibility index (Phi) is 9.69. The summed E-state index contributed by atoms with van der Waals surface area (Å²) < 4.78 is 51.1. The zero-order valence-corrected chi connectivity index (χ0v) is 26.2. The summed E-state index contributed by atoms with van der Waals surface area (Å²) in [4.78, 5) is 8.85. The highest BCUT2D eigenvalue weighted by Crippen LogP contribution is 2.38. The molecule has 0 saturated heterocycles. The number of anilines is 3. The SMILES string of the molecule is CC(C)(C)[Si](C)(C)OCCC=CC1=Cc2c(ncnc2Nc2ccc(Oc3cccc(C(F)(F)F)c3)c(Cl)c2)NCC1. The van der Waals surface area contributed by atoms with Crippen LogP contribution in [-0.4, -0.2) is 31.4 Å². The molecule has 4 rings (SSSR count). The molecule has 2 heterocycles. The van der Waals surface area contributed by atoms with Crippen molar-refractivity contribution in [2.45, 2.75) is 57.9 Å². The average Bonchev–Trinajstić information content (AvgIpc) is 3.12. The van der Waals surface area contributed by atoms with Crippen LogP contribution < -0.4 is 15.4 Å². The third-order valence-corrected chi connectivity index (χ3v) is 12.2. The van der Waals surface area contributed by atoms with Crippen molar-refractivity contribution in [1.29, 1.82) is 0 Å². The number of allylic oxidation sites excluding steroid dienone is 1. The van der Waals surface area contributed by atoms with Gasteiger partial charge in [-0.05, 0) is 79.0 Å². The molecule has 0 amide bonds. The first-order valence-corrected chi connectivity index (χ1v) is 17.0. The second kappa shape index (κ2) is 12.9. The summed E-state index contributed by atoms with van der Waals surface area (Å²) in [6.45, 7) is 12.6. The topological polar surface area (TPSA) is 68.3 Å². The lowest BCUT2D eigenvalue weighted by Gasteiger charge is -2.36. The predicted molar refractivity (Wildman–Crippen MR) is 166 cm³/mol. The molecule has 0 fully saturated rings. The molecule has 0 unspecified atom stereocenters. The number of aromatic nitrogens is 2. The van der Waals surface area contributed by atoms with E-state index in [1.807, 2.05) is 0 Å². The molecule has 0 aliphatic carbocycles. The van der Waals surface area contributed by atoms with Crippen LogP contribution in [0.25, 0.3) is 6.08 Å². The number of halogens is 4. The number of nitrogens with one attached hydrogen (secondary N) is 2. The van der Waals surface area contributed by atoms with Gasteiger partial charge in [-0.1, -0.05) is 50.6 Å². The number of fused-ring (bicyclic) bond motifs is 1. The number of benzene rings is 2.